The minimum absolute atomic E-state index is 0.161. The van der Waals surface area contributed by atoms with Gasteiger partial charge in [0, 0.05) is 12.0 Å². The van der Waals surface area contributed by atoms with Crippen molar-refractivity contribution in [3.63, 3.8) is 0 Å². The number of nitrogens with one attached hydrogen (secondary N) is 2. The summed E-state index contributed by atoms with van der Waals surface area (Å²) in [5.41, 5.74) is 0. The Hall–Kier alpha value is -0.570. The van der Waals surface area contributed by atoms with E-state index in [1.807, 2.05) is 6.92 Å². The van der Waals surface area contributed by atoms with Gasteiger partial charge in [0.1, 0.15) is 0 Å². The highest BCUT2D eigenvalue weighted by Gasteiger charge is 2.22. The molecule has 0 aromatic heterocycles. The molecule has 1 amide bonds. The molecular formula is C13H26N2O. The number of hydrogen-bond donors (Lipinski definition) is 2. The Labute approximate surface area is 99.4 Å². The summed E-state index contributed by atoms with van der Waals surface area (Å²) in [6.07, 6.45) is 4.44. The quantitative estimate of drug-likeness (QED) is 0.752. The monoisotopic (exact) mass is 226 g/mol. The largest absolute Gasteiger partial charge is 0.353 e. The van der Waals surface area contributed by atoms with E-state index in [4.69, 9.17) is 0 Å². The molecule has 3 nitrogen and oxygen atoms in total. The van der Waals surface area contributed by atoms with Crippen LogP contribution < -0.4 is 10.6 Å². The predicted octanol–water partition coefficient (Wildman–Crippen LogP) is 1.93. The van der Waals surface area contributed by atoms with Crippen LogP contribution in [0.2, 0.25) is 0 Å². The maximum atomic E-state index is 11.9. The molecule has 2 atom stereocenters. The van der Waals surface area contributed by atoms with Gasteiger partial charge in [-0.3, -0.25) is 4.79 Å². The van der Waals surface area contributed by atoms with E-state index >= 15 is 0 Å². The second-order valence-corrected chi connectivity index (χ2v) is 5.07. The highest BCUT2D eigenvalue weighted by Crippen LogP contribution is 2.16. The van der Waals surface area contributed by atoms with Gasteiger partial charge >= 0.3 is 0 Å². The molecule has 1 rings (SSSR count). The summed E-state index contributed by atoms with van der Waals surface area (Å²) < 4.78 is 0. The van der Waals surface area contributed by atoms with Gasteiger partial charge in [0.15, 0.2) is 0 Å². The van der Waals surface area contributed by atoms with Gasteiger partial charge in [-0.25, -0.2) is 0 Å². The van der Waals surface area contributed by atoms with E-state index < -0.39 is 0 Å². The molecule has 0 saturated carbocycles. The summed E-state index contributed by atoms with van der Waals surface area (Å²) in [6, 6.07) is 0.328. The van der Waals surface area contributed by atoms with Crippen LogP contribution in [-0.2, 0) is 4.79 Å². The Morgan fingerprint density at radius 3 is 2.56 bits per heavy atom. The number of hydrogen-bond acceptors (Lipinski definition) is 2. The Kier molecular flexibility index (Phi) is 5.81. The molecule has 1 aliphatic heterocycles. The second-order valence-electron chi connectivity index (χ2n) is 5.07. The molecule has 2 unspecified atom stereocenters. The van der Waals surface area contributed by atoms with E-state index in [-0.39, 0.29) is 11.8 Å². The highest BCUT2D eigenvalue weighted by atomic mass is 16.1. The lowest BCUT2D eigenvalue weighted by molar-refractivity contribution is -0.125. The summed E-state index contributed by atoms with van der Waals surface area (Å²) in [5.74, 6) is 1.04. The van der Waals surface area contributed by atoms with Crippen molar-refractivity contribution in [3.05, 3.63) is 0 Å². The first-order valence-electron chi connectivity index (χ1n) is 6.66. The fraction of sp³-hybridized carbons (Fsp3) is 0.923. The number of carbonyl (C=O) groups is 1. The lowest BCUT2D eigenvalue weighted by atomic mass is 9.91. The normalized spacial score (nSPS) is 21.4. The van der Waals surface area contributed by atoms with Gasteiger partial charge in [0.05, 0.1) is 0 Å². The number of carbonyl (C=O) groups excluding carboxylic acids is 1. The molecule has 16 heavy (non-hydrogen) atoms. The average Bonchev–Trinajstić information content (AvgIpc) is 2.30. The molecule has 1 aliphatic rings. The first-order valence-corrected chi connectivity index (χ1v) is 6.66. The maximum Gasteiger partial charge on any atom is 0.223 e. The zero-order valence-corrected chi connectivity index (χ0v) is 10.9. The van der Waals surface area contributed by atoms with Crippen LogP contribution in [0.15, 0.2) is 0 Å². The third-order valence-electron chi connectivity index (χ3n) is 3.63. The van der Waals surface area contributed by atoms with E-state index in [2.05, 4.69) is 24.5 Å². The number of amides is 1. The summed E-state index contributed by atoms with van der Waals surface area (Å²) in [6.45, 7) is 8.48. The van der Waals surface area contributed by atoms with Crippen molar-refractivity contribution >= 4 is 5.91 Å². The lowest BCUT2D eigenvalue weighted by Gasteiger charge is -2.29. The van der Waals surface area contributed by atoms with Crippen molar-refractivity contribution in [2.75, 3.05) is 13.1 Å². The number of piperidine rings is 1. The summed E-state index contributed by atoms with van der Waals surface area (Å²) in [7, 11) is 0. The molecule has 3 heteroatoms. The van der Waals surface area contributed by atoms with Crippen LogP contribution in [0.1, 0.15) is 46.5 Å². The van der Waals surface area contributed by atoms with Gasteiger partial charge in [0.25, 0.3) is 0 Å². The SMILES string of the molecule is CCCC(C)C(=O)NC(C)C1CCNCC1. The molecule has 0 radical (unpaired) electrons. The Morgan fingerprint density at radius 2 is 2.00 bits per heavy atom. The van der Waals surface area contributed by atoms with E-state index in [1.165, 1.54) is 12.8 Å². The molecule has 0 bridgehead atoms. The molecule has 0 spiro atoms. The third-order valence-corrected chi connectivity index (χ3v) is 3.63. The van der Waals surface area contributed by atoms with Crippen LogP contribution in [0.25, 0.3) is 0 Å². The van der Waals surface area contributed by atoms with Crippen molar-refractivity contribution in [2.45, 2.75) is 52.5 Å². The van der Waals surface area contributed by atoms with E-state index in [1.54, 1.807) is 0 Å². The fourth-order valence-electron chi connectivity index (χ4n) is 2.39. The predicted molar refractivity (Wildman–Crippen MR) is 67.3 cm³/mol. The Balaban J connectivity index is 2.31. The zero-order chi connectivity index (χ0) is 12.0. The van der Waals surface area contributed by atoms with Gasteiger partial charge in [-0.1, -0.05) is 20.3 Å². The topological polar surface area (TPSA) is 41.1 Å². The summed E-state index contributed by atoms with van der Waals surface area (Å²) in [4.78, 5) is 11.9. The first kappa shape index (κ1) is 13.5. The van der Waals surface area contributed by atoms with E-state index in [9.17, 15) is 4.79 Å². The summed E-state index contributed by atoms with van der Waals surface area (Å²) >= 11 is 0. The van der Waals surface area contributed by atoms with Crippen molar-refractivity contribution in [2.24, 2.45) is 11.8 Å². The lowest BCUT2D eigenvalue weighted by Crippen LogP contribution is -2.44. The molecule has 0 aromatic carbocycles. The second kappa shape index (κ2) is 6.89. The van der Waals surface area contributed by atoms with Crippen molar-refractivity contribution in [1.29, 1.82) is 0 Å². The van der Waals surface area contributed by atoms with Crippen molar-refractivity contribution in [3.8, 4) is 0 Å². The molecule has 1 saturated heterocycles. The zero-order valence-electron chi connectivity index (χ0n) is 10.9. The summed E-state index contributed by atoms with van der Waals surface area (Å²) in [5, 5.41) is 6.52. The molecule has 1 fully saturated rings. The minimum Gasteiger partial charge on any atom is -0.353 e. The molecule has 0 aromatic rings. The van der Waals surface area contributed by atoms with Crippen LogP contribution in [0.4, 0.5) is 0 Å². The van der Waals surface area contributed by atoms with Crippen LogP contribution in [-0.4, -0.2) is 25.0 Å². The fourth-order valence-corrected chi connectivity index (χ4v) is 2.39. The standard InChI is InChI=1S/C13H26N2O/c1-4-5-10(2)13(16)15-11(3)12-6-8-14-9-7-12/h10-12,14H,4-9H2,1-3H3,(H,15,16). The van der Waals surface area contributed by atoms with Gasteiger partial charge in [0.2, 0.25) is 5.91 Å². The van der Waals surface area contributed by atoms with E-state index in [0.29, 0.717) is 12.0 Å². The minimum atomic E-state index is 0.161. The van der Waals surface area contributed by atoms with Crippen LogP contribution in [0.3, 0.4) is 0 Å². The molecule has 1 heterocycles. The van der Waals surface area contributed by atoms with Crippen LogP contribution in [0, 0.1) is 11.8 Å². The molecule has 0 aliphatic carbocycles. The van der Waals surface area contributed by atoms with Crippen LogP contribution in [0.5, 0.6) is 0 Å². The van der Waals surface area contributed by atoms with Gasteiger partial charge in [-0.15, -0.1) is 0 Å². The maximum absolute atomic E-state index is 11.9. The highest BCUT2D eigenvalue weighted by molar-refractivity contribution is 5.78. The third kappa shape index (κ3) is 4.12. The van der Waals surface area contributed by atoms with Crippen molar-refractivity contribution in [1.82, 2.24) is 10.6 Å². The first-order chi connectivity index (χ1) is 7.65. The van der Waals surface area contributed by atoms with Gasteiger partial charge in [-0.2, -0.15) is 0 Å². The average molecular weight is 226 g/mol. The Morgan fingerprint density at radius 1 is 1.38 bits per heavy atom. The molecule has 2 N–H and O–H groups in total. The molecule has 94 valence electrons. The van der Waals surface area contributed by atoms with E-state index in [0.717, 1.165) is 25.9 Å². The number of rotatable bonds is 5. The Bertz CT molecular complexity index is 212. The van der Waals surface area contributed by atoms with Gasteiger partial charge < -0.3 is 10.6 Å². The smallest absolute Gasteiger partial charge is 0.223 e. The van der Waals surface area contributed by atoms with Crippen molar-refractivity contribution < 1.29 is 4.79 Å². The van der Waals surface area contributed by atoms with Crippen LogP contribution >= 0.6 is 0 Å². The molecular weight excluding hydrogens is 200 g/mol. The van der Waals surface area contributed by atoms with Gasteiger partial charge in [-0.05, 0) is 45.2 Å².